The van der Waals surface area contributed by atoms with Gasteiger partial charge in [-0.3, -0.25) is 9.59 Å². The molecule has 116 valence electrons. The number of amides is 2. The number of rotatable bonds is 6. The van der Waals surface area contributed by atoms with E-state index < -0.39 is 0 Å². The van der Waals surface area contributed by atoms with Gasteiger partial charge >= 0.3 is 0 Å². The molecule has 0 bridgehead atoms. The van der Waals surface area contributed by atoms with Crippen LogP contribution in [-0.4, -0.2) is 24.1 Å². The molecule has 1 aromatic carbocycles. The average molecular weight is 299 g/mol. The summed E-state index contributed by atoms with van der Waals surface area (Å²) in [6.07, 6.45) is 4.27. The average Bonchev–Trinajstić information content (AvgIpc) is 3.37. The van der Waals surface area contributed by atoms with Gasteiger partial charge < -0.3 is 5.32 Å². The highest BCUT2D eigenvalue weighted by Crippen LogP contribution is 2.44. The summed E-state index contributed by atoms with van der Waals surface area (Å²) in [7, 11) is 0. The fraction of sp³-hybridized carbons (Fsp3) is 0.471. The Kier molecular flexibility index (Phi) is 4.51. The van der Waals surface area contributed by atoms with Crippen LogP contribution in [-0.2, 0) is 9.59 Å². The molecule has 1 fully saturated rings. The minimum absolute atomic E-state index is 0.130. The van der Waals surface area contributed by atoms with E-state index in [-0.39, 0.29) is 11.8 Å². The normalized spacial score (nSPS) is 19.1. The van der Waals surface area contributed by atoms with Crippen molar-refractivity contribution in [3.8, 4) is 0 Å². The molecule has 1 saturated carbocycles. The number of hydrogen-bond donors (Lipinski definition) is 2. The first-order valence-electron chi connectivity index (χ1n) is 7.92. The molecule has 0 radical (unpaired) electrons. The van der Waals surface area contributed by atoms with Gasteiger partial charge in [-0.25, -0.2) is 5.43 Å². The maximum Gasteiger partial charge on any atom is 0.267 e. The molecule has 1 unspecified atom stereocenters. The molecule has 0 saturated heterocycles. The van der Waals surface area contributed by atoms with Crippen LogP contribution >= 0.6 is 0 Å². The zero-order valence-electron chi connectivity index (χ0n) is 12.5. The van der Waals surface area contributed by atoms with Gasteiger partial charge in [0.25, 0.3) is 5.91 Å². The molecule has 1 atom stereocenters. The van der Waals surface area contributed by atoms with E-state index in [1.54, 1.807) is 0 Å². The first-order chi connectivity index (χ1) is 10.7. The maximum atomic E-state index is 12.0. The predicted molar refractivity (Wildman–Crippen MR) is 84.3 cm³/mol. The molecule has 1 aromatic rings. The quantitative estimate of drug-likeness (QED) is 0.843. The summed E-state index contributed by atoms with van der Waals surface area (Å²) < 4.78 is 0. The summed E-state index contributed by atoms with van der Waals surface area (Å²) in [6, 6.07) is 10.5. The number of carbonyl (C=O) groups is 2. The molecular weight excluding hydrogens is 278 g/mol. The topological polar surface area (TPSA) is 70.6 Å². The van der Waals surface area contributed by atoms with E-state index in [2.05, 4.69) is 40.1 Å². The summed E-state index contributed by atoms with van der Waals surface area (Å²) in [4.78, 5) is 23.0. The molecule has 0 aromatic heterocycles. The second kappa shape index (κ2) is 6.73. The van der Waals surface area contributed by atoms with E-state index in [1.165, 1.54) is 18.4 Å². The van der Waals surface area contributed by atoms with E-state index in [0.29, 0.717) is 31.0 Å². The molecule has 2 aliphatic rings. The fourth-order valence-corrected chi connectivity index (χ4v) is 2.95. The lowest BCUT2D eigenvalue weighted by Gasteiger charge is -2.18. The highest BCUT2D eigenvalue weighted by atomic mass is 16.2. The van der Waals surface area contributed by atoms with Gasteiger partial charge in [-0.05, 0) is 36.7 Å². The summed E-state index contributed by atoms with van der Waals surface area (Å²) in [6.45, 7) is 0.641. The Morgan fingerprint density at radius 1 is 1.27 bits per heavy atom. The molecule has 2 amide bonds. The van der Waals surface area contributed by atoms with Crippen LogP contribution in [0.1, 0.15) is 43.6 Å². The standard InChI is InChI=1S/C17H21N3O2/c21-16-9-8-15(19-20-16)17(22)18-11-10-14(13-6-7-13)12-4-2-1-3-5-12/h1-5,13-14H,6-11H2,(H,18,22)(H,20,21). The lowest BCUT2D eigenvalue weighted by Crippen LogP contribution is -2.37. The van der Waals surface area contributed by atoms with Crippen molar-refractivity contribution in [2.75, 3.05) is 6.54 Å². The first kappa shape index (κ1) is 14.8. The van der Waals surface area contributed by atoms with Crippen LogP contribution in [0.3, 0.4) is 0 Å². The van der Waals surface area contributed by atoms with Crippen molar-refractivity contribution >= 4 is 17.5 Å². The van der Waals surface area contributed by atoms with Gasteiger partial charge in [-0.1, -0.05) is 30.3 Å². The van der Waals surface area contributed by atoms with Crippen LogP contribution in [0.15, 0.2) is 35.4 Å². The number of carbonyl (C=O) groups excluding carboxylic acids is 2. The van der Waals surface area contributed by atoms with Crippen molar-refractivity contribution in [2.45, 2.75) is 38.0 Å². The van der Waals surface area contributed by atoms with E-state index >= 15 is 0 Å². The Hall–Kier alpha value is -2.17. The van der Waals surface area contributed by atoms with Crippen LogP contribution in [0.25, 0.3) is 0 Å². The van der Waals surface area contributed by atoms with E-state index in [0.717, 1.165) is 12.3 Å². The Bertz CT molecular complexity index is 579. The summed E-state index contributed by atoms with van der Waals surface area (Å²) in [5, 5.41) is 6.75. The minimum Gasteiger partial charge on any atom is -0.351 e. The largest absolute Gasteiger partial charge is 0.351 e. The van der Waals surface area contributed by atoms with Crippen molar-refractivity contribution in [3.63, 3.8) is 0 Å². The van der Waals surface area contributed by atoms with Crippen molar-refractivity contribution in [3.05, 3.63) is 35.9 Å². The molecule has 1 heterocycles. The minimum atomic E-state index is -0.164. The Labute approximate surface area is 130 Å². The number of nitrogens with one attached hydrogen (secondary N) is 2. The molecule has 1 aliphatic heterocycles. The second-order valence-corrected chi connectivity index (χ2v) is 5.99. The number of hydrogen-bond acceptors (Lipinski definition) is 3. The van der Waals surface area contributed by atoms with Crippen LogP contribution < -0.4 is 10.7 Å². The summed E-state index contributed by atoms with van der Waals surface area (Å²) >= 11 is 0. The van der Waals surface area contributed by atoms with Crippen LogP contribution in [0.4, 0.5) is 0 Å². The highest BCUT2D eigenvalue weighted by molar-refractivity contribution is 6.39. The Balaban J connectivity index is 1.51. The van der Waals surface area contributed by atoms with Gasteiger partial charge in [0.2, 0.25) is 5.91 Å². The third kappa shape index (κ3) is 3.72. The molecule has 2 N–H and O–H groups in total. The smallest absolute Gasteiger partial charge is 0.267 e. The zero-order chi connectivity index (χ0) is 15.4. The van der Waals surface area contributed by atoms with Crippen molar-refractivity contribution < 1.29 is 9.59 Å². The summed E-state index contributed by atoms with van der Waals surface area (Å²) in [5.41, 5.74) is 4.14. The van der Waals surface area contributed by atoms with Gasteiger partial charge in [-0.2, -0.15) is 5.10 Å². The van der Waals surface area contributed by atoms with Gasteiger partial charge in [0.1, 0.15) is 5.71 Å². The Morgan fingerprint density at radius 2 is 2.05 bits per heavy atom. The van der Waals surface area contributed by atoms with Gasteiger partial charge in [-0.15, -0.1) is 0 Å². The third-order valence-corrected chi connectivity index (χ3v) is 4.33. The fourth-order valence-electron chi connectivity index (χ4n) is 2.95. The predicted octanol–water partition coefficient (Wildman–Crippen LogP) is 1.95. The van der Waals surface area contributed by atoms with Gasteiger partial charge in [0.05, 0.1) is 0 Å². The third-order valence-electron chi connectivity index (χ3n) is 4.33. The SMILES string of the molecule is O=C1CCC(C(=O)NCCC(c2ccccc2)C2CC2)=NN1. The molecule has 5 heteroatoms. The number of hydrazone groups is 1. The van der Waals surface area contributed by atoms with E-state index in [9.17, 15) is 9.59 Å². The van der Waals surface area contributed by atoms with E-state index in [1.807, 2.05) is 6.07 Å². The molecule has 22 heavy (non-hydrogen) atoms. The molecule has 1 aliphatic carbocycles. The number of benzene rings is 1. The molecule has 5 nitrogen and oxygen atoms in total. The van der Waals surface area contributed by atoms with Crippen molar-refractivity contribution in [1.29, 1.82) is 0 Å². The molecular formula is C17H21N3O2. The van der Waals surface area contributed by atoms with Gasteiger partial charge in [0.15, 0.2) is 0 Å². The van der Waals surface area contributed by atoms with Crippen molar-refractivity contribution in [2.24, 2.45) is 11.0 Å². The molecule has 0 spiro atoms. The first-order valence-corrected chi connectivity index (χ1v) is 7.92. The van der Waals surface area contributed by atoms with Crippen LogP contribution in [0.2, 0.25) is 0 Å². The second-order valence-electron chi connectivity index (χ2n) is 5.99. The van der Waals surface area contributed by atoms with Crippen molar-refractivity contribution in [1.82, 2.24) is 10.7 Å². The van der Waals surface area contributed by atoms with Gasteiger partial charge in [0, 0.05) is 19.4 Å². The Morgan fingerprint density at radius 3 is 2.68 bits per heavy atom. The highest BCUT2D eigenvalue weighted by Gasteiger charge is 2.31. The molecule has 3 rings (SSSR count). The maximum absolute atomic E-state index is 12.0. The van der Waals surface area contributed by atoms with E-state index in [4.69, 9.17) is 0 Å². The van der Waals surface area contributed by atoms with Crippen LogP contribution in [0.5, 0.6) is 0 Å². The van der Waals surface area contributed by atoms with Crippen LogP contribution in [0, 0.1) is 5.92 Å². The summed E-state index contributed by atoms with van der Waals surface area (Å²) in [5.74, 6) is 0.983. The lowest BCUT2D eigenvalue weighted by atomic mass is 9.91. The lowest BCUT2D eigenvalue weighted by molar-refractivity contribution is -0.121. The number of nitrogens with zero attached hydrogens (tertiary/aromatic N) is 1. The zero-order valence-corrected chi connectivity index (χ0v) is 12.5. The monoisotopic (exact) mass is 299 g/mol.